The van der Waals surface area contributed by atoms with E-state index in [2.05, 4.69) is 40.5 Å². The molecule has 0 aliphatic carbocycles. The van der Waals surface area contributed by atoms with Crippen molar-refractivity contribution in [3.63, 3.8) is 0 Å². The number of ether oxygens (including phenoxy) is 1. The Bertz CT molecular complexity index is 1320. The highest BCUT2D eigenvalue weighted by atomic mass is 32.2. The molecule has 4 aromatic rings. The summed E-state index contributed by atoms with van der Waals surface area (Å²) in [5.41, 5.74) is 3.75. The third-order valence-corrected chi connectivity index (χ3v) is 5.85. The summed E-state index contributed by atoms with van der Waals surface area (Å²) in [6.07, 6.45) is 5.92. The topological polar surface area (TPSA) is 130 Å². The second-order valence-corrected chi connectivity index (χ2v) is 8.62. The van der Waals surface area contributed by atoms with E-state index in [1.54, 1.807) is 25.6 Å². The van der Waals surface area contributed by atoms with Crippen LogP contribution >= 0.6 is 11.8 Å². The summed E-state index contributed by atoms with van der Waals surface area (Å²) in [5, 5.41) is 7.52. The third kappa shape index (κ3) is 6.76. The molecule has 0 spiro atoms. The number of rotatable bonds is 8. The SMILES string of the molecule is COc1ccc2c(CCN=C(NC(=O)CSc3ncccn3)Nc3nc(C)cc(C)n3)c[nH]c2c1. The summed E-state index contributed by atoms with van der Waals surface area (Å²) in [4.78, 5) is 37.5. The average molecular weight is 491 g/mol. The molecule has 0 bridgehead atoms. The smallest absolute Gasteiger partial charge is 0.237 e. The van der Waals surface area contributed by atoms with Gasteiger partial charge in [0.2, 0.25) is 17.8 Å². The number of hydrogen-bond acceptors (Lipinski definition) is 8. The summed E-state index contributed by atoms with van der Waals surface area (Å²) in [6, 6.07) is 9.52. The minimum atomic E-state index is -0.239. The maximum Gasteiger partial charge on any atom is 0.237 e. The summed E-state index contributed by atoms with van der Waals surface area (Å²) < 4.78 is 5.29. The fraction of sp³-hybridized carbons (Fsp3) is 0.250. The molecule has 0 atom stereocenters. The van der Waals surface area contributed by atoms with Gasteiger partial charge in [-0.05, 0) is 50.1 Å². The molecule has 3 aromatic heterocycles. The number of aromatic amines is 1. The lowest BCUT2D eigenvalue weighted by molar-refractivity contribution is -0.117. The van der Waals surface area contributed by atoms with Crippen molar-refractivity contribution in [1.82, 2.24) is 30.2 Å². The van der Waals surface area contributed by atoms with Gasteiger partial charge in [-0.1, -0.05) is 11.8 Å². The number of amides is 1. The Morgan fingerprint density at radius 2 is 1.91 bits per heavy atom. The number of carbonyl (C=O) groups excluding carboxylic acids is 1. The largest absolute Gasteiger partial charge is 0.497 e. The zero-order valence-electron chi connectivity index (χ0n) is 19.7. The number of anilines is 1. The predicted octanol–water partition coefficient (Wildman–Crippen LogP) is 3.29. The van der Waals surface area contributed by atoms with Crippen molar-refractivity contribution < 1.29 is 9.53 Å². The Morgan fingerprint density at radius 1 is 1.14 bits per heavy atom. The molecule has 0 aliphatic heterocycles. The van der Waals surface area contributed by atoms with Crippen molar-refractivity contribution in [1.29, 1.82) is 0 Å². The van der Waals surface area contributed by atoms with Gasteiger partial charge in [-0.25, -0.2) is 19.9 Å². The van der Waals surface area contributed by atoms with Crippen LogP contribution in [0.2, 0.25) is 0 Å². The van der Waals surface area contributed by atoms with E-state index in [9.17, 15) is 4.79 Å². The standard InChI is InChI=1S/C24H26N8O2S/c1-15-11-16(2)30-23(29-15)32-22(31-21(33)14-35-24-26-8-4-9-27-24)25-10-7-17-13-28-20-12-18(34-3)5-6-19(17)20/h4-6,8-9,11-13,28H,7,10,14H2,1-3H3,(H2,25,29,30,31,32,33). The maximum atomic E-state index is 12.6. The summed E-state index contributed by atoms with van der Waals surface area (Å²) in [7, 11) is 1.65. The van der Waals surface area contributed by atoms with Gasteiger partial charge in [0, 0.05) is 53.5 Å². The Morgan fingerprint density at radius 3 is 2.66 bits per heavy atom. The molecule has 0 radical (unpaired) electrons. The predicted molar refractivity (Wildman–Crippen MR) is 137 cm³/mol. The quantitative estimate of drug-likeness (QED) is 0.148. The first-order valence-electron chi connectivity index (χ1n) is 11.0. The fourth-order valence-corrected chi connectivity index (χ4v) is 4.05. The lowest BCUT2D eigenvalue weighted by atomic mass is 10.1. The van der Waals surface area contributed by atoms with Crippen LogP contribution in [0.3, 0.4) is 0 Å². The van der Waals surface area contributed by atoms with Crippen LogP contribution in [0.15, 0.2) is 59.1 Å². The van der Waals surface area contributed by atoms with Crippen molar-refractivity contribution in [3.05, 3.63) is 65.9 Å². The number of fused-ring (bicyclic) bond motifs is 1. The van der Waals surface area contributed by atoms with Gasteiger partial charge in [-0.3, -0.25) is 20.4 Å². The monoisotopic (exact) mass is 490 g/mol. The van der Waals surface area contributed by atoms with Crippen molar-refractivity contribution >= 4 is 40.5 Å². The highest BCUT2D eigenvalue weighted by Crippen LogP contribution is 2.23. The molecule has 0 unspecified atom stereocenters. The Labute approximate surface area is 207 Å². The normalized spacial score (nSPS) is 11.5. The van der Waals surface area contributed by atoms with Crippen LogP contribution in [0.5, 0.6) is 5.75 Å². The number of hydrogen-bond donors (Lipinski definition) is 3. The van der Waals surface area contributed by atoms with E-state index in [1.165, 1.54) is 11.8 Å². The lowest BCUT2D eigenvalue weighted by Gasteiger charge is -2.11. The maximum absolute atomic E-state index is 12.6. The van der Waals surface area contributed by atoms with Crippen LogP contribution in [-0.2, 0) is 11.2 Å². The molecule has 11 heteroatoms. The summed E-state index contributed by atoms with van der Waals surface area (Å²) >= 11 is 1.25. The van der Waals surface area contributed by atoms with E-state index >= 15 is 0 Å². The van der Waals surface area contributed by atoms with E-state index in [0.717, 1.165) is 33.6 Å². The number of carbonyl (C=O) groups is 1. The number of benzene rings is 1. The van der Waals surface area contributed by atoms with Crippen molar-refractivity contribution in [3.8, 4) is 5.75 Å². The van der Waals surface area contributed by atoms with Gasteiger partial charge in [0.1, 0.15) is 5.75 Å². The average Bonchev–Trinajstić information content (AvgIpc) is 3.25. The van der Waals surface area contributed by atoms with Crippen LogP contribution in [-0.4, -0.2) is 56.2 Å². The van der Waals surface area contributed by atoms with E-state index in [4.69, 9.17) is 4.74 Å². The van der Waals surface area contributed by atoms with Crippen molar-refractivity contribution in [2.45, 2.75) is 25.4 Å². The van der Waals surface area contributed by atoms with Crippen LogP contribution in [0, 0.1) is 13.8 Å². The number of aromatic nitrogens is 5. The van der Waals surface area contributed by atoms with Crippen LogP contribution in [0.25, 0.3) is 10.9 Å². The first kappa shape index (κ1) is 24.1. The van der Waals surface area contributed by atoms with Crippen molar-refractivity contribution in [2.75, 3.05) is 24.7 Å². The minimum absolute atomic E-state index is 0.142. The summed E-state index contributed by atoms with van der Waals surface area (Å²) in [6.45, 7) is 4.22. The first-order valence-corrected chi connectivity index (χ1v) is 12.0. The Kier molecular flexibility index (Phi) is 7.88. The molecule has 1 amide bonds. The van der Waals surface area contributed by atoms with Crippen LogP contribution < -0.4 is 15.4 Å². The Hall–Kier alpha value is -3.99. The van der Waals surface area contributed by atoms with E-state index < -0.39 is 0 Å². The van der Waals surface area contributed by atoms with Crippen LogP contribution in [0.1, 0.15) is 17.0 Å². The molecular weight excluding hydrogens is 464 g/mol. The van der Waals surface area contributed by atoms with E-state index in [-0.39, 0.29) is 17.6 Å². The Balaban J connectivity index is 1.46. The highest BCUT2D eigenvalue weighted by Gasteiger charge is 2.11. The number of nitrogens with zero attached hydrogens (tertiary/aromatic N) is 5. The zero-order valence-corrected chi connectivity index (χ0v) is 20.5. The van der Waals surface area contributed by atoms with Crippen molar-refractivity contribution in [2.24, 2.45) is 4.99 Å². The second-order valence-electron chi connectivity index (χ2n) is 7.67. The lowest BCUT2D eigenvalue weighted by Crippen LogP contribution is -2.38. The number of nitrogens with one attached hydrogen (secondary N) is 3. The minimum Gasteiger partial charge on any atom is -0.497 e. The van der Waals surface area contributed by atoms with Gasteiger partial charge in [0.25, 0.3) is 0 Å². The number of guanidine groups is 1. The van der Waals surface area contributed by atoms with Gasteiger partial charge in [0.05, 0.1) is 12.9 Å². The molecule has 35 heavy (non-hydrogen) atoms. The van der Waals surface area contributed by atoms with E-state index in [0.29, 0.717) is 24.1 Å². The van der Waals surface area contributed by atoms with E-state index in [1.807, 2.05) is 44.3 Å². The first-order chi connectivity index (χ1) is 17.0. The number of methoxy groups -OCH3 is 1. The summed E-state index contributed by atoms with van der Waals surface area (Å²) in [5.74, 6) is 1.36. The molecule has 4 rings (SSSR count). The van der Waals surface area contributed by atoms with Gasteiger partial charge >= 0.3 is 0 Å². The number of aryl methyl sites for hydroxylation is 2. The van der Waals surface area contributed by atoms with Gasteiger partial charge < -0.3 is 9.72 Å². The van der Waals surface area contributed by atoms with Gasteiger partial charge in [-0.15, -0.1) is 0 Å². The van der Waals surface area contributed by atoms with Crippen LogP contribution in [0.4, 0.5) is 5.95 Å². The zero-order chi connectivity index (χ0) is 24.6. The molecule has 1 aromatic carbocycles. The molecule has 180 valence electrons. The molecular formula is C24H26N8O2S. The molecule has 3 N–H and O–H groups in total. The molecule has 0 saturated carbocycles. The molecule has 0 aliphatic rings. The second kappa shape index (κ2) is 11.4. The third-order valence-electron chi connectivity index (χ3n) is 4.97. The molecule has 0 saturated heterocycles. The highest BCUT2D eigenvalue weighted by molar-refractivity contribution is 7.99. The van der Waals surface area contributed by atoms with Gasteiger partial charge in [-0.2, -0.15) is 0 Å². The molecule has 0 fully saturated rings. The van der Waals surface area contributed by atoms with Gasteiger partial charge in [0.15, 0.2) is 5.16 Å². The number of thioether (sulfide) groups is 1. The number of aliphatic imine (C=N–C) groups is 1. The fourth-order valence-electron chi connectivity index (χ4n) is 3.44. The molecule has 10 nitrogen and oxygen atoms in total. The molecule has 3 heterocycles. The number of H-pyrrole nitrogens is 1.